The van der Waals surface area contributed by atoms with Gasteiger partial charge in [-0.3, -0.25) is 9.69 Å². The first kappa shape index (κ1) is 18.4. The quantitative estimate of drug-likeness (QED) is 0.608. The van der Waals surface area contributed by atoms with E-state index in [-0.39, 0.29) is 17.4 Å². The van der Waals surface area contributed by atoms with Crippen molar-refractivity contribution >= 4 is 28.7 Å². The summed E-state index contributed by atoms with van der Waals surface area (Å²) in [5.74, 6) is 1.13. The number of hydrogen-bond acceptors (Lipinski definition) is 6. The summed E-state index contributed by atoms with van der Waals surface area (Å²) in [6, 6.07) is 17.4. The van der Waals surface area contributed by atoms with Gasteiger partial charge < -0.3 is 15.5 Å². The van der Waals surface area contributed by atoms with E-state index < -0.39 is 6.04 Å². The summed E-state index contributed by atoms with van der Waals surface area (Å²) in [6.45, 7) is 0.368. The number of hydrogen-bond donors (Lipinski definition) is 3. The number of phenols is 2. The van der Waals surface area contributed by atoms with Gasteiger partial charge in [0.15, 0.2) is 0 Å². The summed E-state index contributed by atoms with van der Waals surface area (Å²) in [6.07, 6.45) is 0.519. The van der Waals surface area contributed by atoms with E-state index in [0.717, 1.165) is 33.2 Å². The monoisotopic (exact) mass is 417 g/mol. The number of carbonyl (C=O) groups excluding carboxylic acids is 1. The number of nitrogens with zero attached hydrogens (tertiary/aromatic N) is 2. The van der Waals surface area contributed by atoms with Crippen molar-refractivity contribution in [3.8, 4) is 11.5 Å². The predicted molar refractivity (Wildman–Crippen MR) is 116 cm³/mol. The Labute approximate surface area is 177 Å². The van der Waals surface area contributed by atoms with E-state index >= 15 is 0 Å². The van der Waals surface area contributed by atoms with Crippen LogP contribution in [0.3, 0.4) is 0 Å². The second-order valence-electron chi connectivity index (χ2n) is 7.27. The van der Waals surface area contributed by atoms with Crippen molar-refractivity contribution in [2.45, 2.75) is 12.5 Å². The zero-order valence-corrected chi connectivity index (χ0v) is 16.8. The Bertz CT molecular complexity index is 1150. The SMILES string of the molecule is O=C1C(Cc2ccc(O)cc2)NC2=C(c3cccs3)N=C(c3ccc(O)cc3)CN12. The van der Waals surface area contributed by atoms with E-state index in [1.165, 1.54) is 0 Å². The van der Waals surface area contributed by atoms with Crippen LogP contribution in [0.15, 0.2) is 76.9 Å². The number of phenolic OH excluding ortho intramolecular Hbond substituents is 2. The third-order valence-electron chi connectivity index (χ3n) is 5.26. The zero-order chi connectivity index (χ0) is 20.7. The fourth-order valence-electron chi connectivity index (χ4n) is 3.73. The molecule has 1 aromatic heterocycles. The second kappa shape index (κ2) is 7.35. The first-order valence-electron chi connectivity index (χ1n) is 9.59. The highest BCUT2D eigenvalue weighted by molar-refractivity contribution is 7.11. The van der Waals surface area contributed by atoms with Crippen LogP contribution < -0.4 is 5.32 Å². The molecular weight excluding hydrogens is 398 g/mol. The maximum Gasteiger partial charge on any atom is 0.251 e. The van der Waals surface area contributed by atoms with Crippen molar-refractivity contribution in [1.82, 2.24) is 10.2 Å². The Morgan fingerprint density at radius 2 is 1.73 bits per heavy atom. The van der Waals surface area contributed by atoms with Gasteiger partial charge in [0.1, 0.15) is 29.1 Å². The summed E-state index contributed by atoms with van der Waals surface area (Å²) in [5.41, 5.74) is 3.37. The summed E-state index contributed by atoms with van der Waals surface area (Å²) >= 11 is 1.58. The van der Waals surface area contributed by atoms with E-state index in [1.54, 1.807) is 40.5 Å². The highest BCUT2D eigenvalue weighted by Gasteiger charge is 2.40. The van der Waals surface area contributed by atoms with Crippen LogP contribution in [0.5, 0.6) is 11.5 Å². The van der Waals surface area contributed by atoms with E-state index in [1.807, 2.05) is 41.8 Å². The molecule has 1 amide bonds. The minimum Gasteiger partial charge on any atom is -0.508 e. The number of fused-ring (bicyclic) bond motifs is 1. The molecule has 1 atom stereocenters. The first-order chi connectivity index (χ1) is 14.6. The number of aromatic hydroxyl groups is 2. The predicted octanol–water partition coefficient (Wildman–Crippen LogP) is 3.33. The Morgan fingerprint density at radius 3 is 2.40 bits per heavy atom. The molecule has 2 aromatic carbocycles. The smallest absolute Gasteiger partial charge is 0.251 e. The molecule has 2 aliphatic rings. The van der Waals surface area contributed by atoms with Crippen LogP contribution in [-0.2, 0) is 11.2 Å². The number of rotatable bonds is 4. The van der Waals surface area contributed by atoms with Gasteiger partial charge in [-0.05, 0) is 59.0 Å². The highest BCUT2D eigenvalue weighted by Crippen LogP contribution is 2.33. The van der Waals surface area contributed by atoms with Crippen molar-refractivity contribution in [3.63, 3.8) is 0 Å². The Hall–Kier alpha value is -3.58. The van der Waals surface area contributed by atoms with Crippen molar-refractivity contribution in [3.05, 3.63) is 87.9 Å². The van der Waals surface area contributed by atoms with Gasteiger partial charge in [-0.15, -0.1) is 11.3 Å². The normalized spacial score (nSPS) is 18.3. The number of nitrogens with one attached hydrogen (secondary N) is 1. The largest absolute Gasteiger partial charge is 0.508 e. The Kier molecular flexibility index (Phi) is 4.52. The van der Waals surface area contributed by atoms with Crippen LogP contribution in [0.1, 0.15) is 16.0 Å². The standard InChI is InChI=1S/C23H19N3O3S/c27-16-7-3-14(4-8-16)12-18-23(29)26-13-19(15-5-9-17(28)10-6-15)24-21(22(26)25-18)20-2-1-11-30-20/h1-11,18,25,27-28H,12-13H2. The van der Waals surface area contributed by atoms with Crippen molar-refractivity contribution < 1.29 is 15.0 Å². The van der Waals surface area contributed by atoms with E-state index in [9.17, 15) is 15.0 Å². The van der Waals surface area contributed by atoms with Gasteiger partial charge in [-0.2, -0.15) is 0 Å². The number of thiophene rings is 1. The molecule has 2 aliphatic heterocycles. The molecule has 0 spiro atoms. The fraction of sp³-hybridized carbons (Fsp3) is 0.130. The van der Waals surface area contributed by atoms with E-state index in [4.69, 9.17) is 4.99 Å². The average Bonchev–Trinajstić information content (AvgIpc) is 3.39. The van der Waals surface area contributed by atoms with E-state index in [2.05, 4.69) is 5.32 Å². The maximum atomic E-state index is 13.2. The average molecular weight is 417 g/mol. The molecule has 5 rings (SSSR count). The molecule has 6 nitrogen and oxygen atoms in total. The number of carbonyl (C=O) groups is 1. The molecule has 3 N–H and O–H groups in total. The molecule has 1 saturated heterocycles. The zero-order valence-electron chi connectivity index (χ0n) is 15.9. The lowest BCUT2D eigenvalue weighted by Gasteiger charge is -2.25. The molecule has 7 heteroatoms. The van der Waals surface area contributed by atoms with Crippen LogP contribution in [0.25, 0.3) is 5.70 Å². The lowest BCUT2D eigenvalue weighted by Crippen LogP contribution is -2.36. The maximum absolute atomic E-state index is 13.2. The molecule has 1 unspecified atom stereocenters. The highest BCUT2D eigenvalue weighted by atomic mass is 32.1. The lowest BCUT2D eigenvalue weighted by atomic mass is 10.1. The Balaban J connectivity index is 1.50. The molecule has 0 saturated carbocycles. The van der Waals surface area contributed by atoms with Crippen LogP contribution >= 0.6 is 11.3 Å². The minimum absolute atomic E-state index is 0.00157. The van der Waals surface area contributed by atoms with Crippen molar-refractivity contribution in [2.75, 3.05) is 6.54 Å². The molecule has 3 heterocycles. The van der Waals surface area contributed by atoms with Gasteiger partial charge in [0.2, 0.25) is 0 Å². The lowest BCUT2D eigenvalue weighted by molar-refractivity contribution is -0.127. The van der Waals surface area contributed by atoms with Gasteiger partial charge >= 0.3 is 0 Å². The summed E-state index contributed by atoms with van der Waals surface area (Å²) in [5, 5.41) is 24.5. The van der Waals surface area contributed by atoms with Crippen molar-refractivity contribution in [1.29, 1.82) is 0 Å². The van der Waals surface area contributed by atoms with Gasteiger partial charge in [0.05, 0.1) is 17.1 Å². The molecule has 30 heavy (non-hydrogen) atoms. The second-order valence-corrected chi connectivity index (χ2v) is 8.22. The molecule has 3 aromatic rings. The van der Waals surface area contributed by atoms with Gasteiger partial charge in [-0.1, -0.05) is 18.2 Å². The third-order valence-corrected chi connectivity index (χ3v) is 6.13. The van der Waals surface area contributed by atoms with E-state index in [0.29, 0.717) is 13.0 Å². The third kappa shape index (κ3) is 3.33. The summed E-state index contributed by atoms with van der Waals surface area (Å²) in [4.78, 5) is 20.9. The summed E-state index contributed by atoms with van der Waals surface area (Å²) in [7, 11) is 0. The van der Waals surface area contributed by atoms with Crippen LogP contribution in [-0.4, -0.2) is 39.3 Å². The molecule has 150 valence electrons. The summed E-state index contributed by atoms with van der Waals surface area (Å²) < 4.78 is 0. The molecular formula is C23H19N3O3S. The van der Waals surface area contributed by atoms with Crippen LogP contribution in [0, 0.1) is 0 Å². The van der Waals surface area contributed by atoms with Crippen molar-refractivity contribution in [2.24, 2.45) is 4.99 Å². The molecule has 0 bridgehead atoms. The van der Waals surface area contributed by atoms with Crippen LogP contribution in [0.2, 0.25) is 0 Å². The van der Waals surface area contributed by atoms with Gasteiger partial charge in [0, 0.05) is 6.42 Å². The minimum atomic E-state index is -0.395. The molecule has 1 fully saturated rings. The fourth-order valence-corrected chi connectivity index (χ4v) is 4.44. The number of benzene rings is 2. The van der Waals surface area contributed by atoms with Gasteiger partial charge in [-0.25, -0.2) is 4.99 Å². The number of aliphatic imine (C=N–C) groups is 1. The Morgan fingerprint density at radius 1 is 1.03 bits per heavy atom. The molecule has 0 aliphatic carbocycles. The van der Waals surface area contributed by atoms with Gasteiger partial charge in [0.25, 0.3) is 5.91 Å². The topological polar surface area (TPSA) is 85.2 Å². The first-order valence-corrected chi connectivity index (χ1v) is 10.5. The number of amides is 1. The van der Waals surface area contributed by atoms with Crippen LogP contribution in [0.4, 0.5) is 0 Å². The molecule has 0 radical (unpaired) electrons.